The van der Waals surface area contributed by atoms with Gasteiger partial charge in [-0.25, -0.2) is 4.98 Å². The van der Waals surface area contributed by atoms with Crippen molar-refractivity contribution in [1.29, 1.82) is 5.26 Å². The van der Waals surface area contributed by atoms with Gasteiger partial charge in [0.05, 0.1) is 6.54 Å². The molecule has 1 saturated heterocycles. The number of hydrogen-bond donors (Lipinski definition) is 0. The molecule has 0 saturated carbocycles. The molecule has 0 aliphatic carbocycles. The first-order valence-electron chi connectivity index (χ1n) is 8.12. The third-order valence-electron chi connectivity index (χ3n) is 3.79. The predicted molar refractivity (Wildman–Crippen MR) is 96.8 cm³/mol. The Kier molecular flexibility index (Phi) is 6.73. The van der Waals surface area contributed by atoms with Gasteiger partial charge in [0.15, 0.2) is 0 Å². The lowest BCUT2D eigenvalue weighted by atomic mass is 10.1. The molecule has 1 atom stereocenters. The maximum Gasteiger partial charge on any atom is 0.253 e. The minimum Gasteiger partial charge on any atom is -0.472 e. The number of rotatable bonds is 6. The number of piperidine rings is 1. The van der Waals surface area contributed by atoms with Crippen molar-refractivity contribution in [2.45, 2.75) is 18.9 Å². The highest BCUT2D eigenvalue weighted by atomic mass is 16.5. The molecule has 0 N–H and O–H groups in total. The standard InChI is InChI=1S/C20H21N3O2/c1-3-5-9-16(8-4-2)20(24)23-13-7-11-18(15-23)25-19-17(14-21)10-6-12-22-19/h3-6,8-10,12,18H,1-2,7,11,13,15H2/b9-5-,16-8+/t18-/m1/s1. The average Bonchev–Trinajstić information content (AvgIpc) is 2.65. The summed E-state index contributed by atoms with van der Waals surface area (Å²) < 4.78 is 5.88. The highest BCUT2D eigenvalue weighted by molar-refractivity contribution is 5.96. The van der Waals surface area contributed by atoms with Crippen molar-refractivity contribution in [1.82, 2.24) is 9.88 Å². The summed E-state index contributed by atoms with van der Waals surface area (Å²) in [4.78, 5) is 18.6. The number of nitriles is 1. The van der Waals surface area contributed by atoms with Crippen LogP contribution in [0.3, 0.4) is 0 Å². The van der Waals surface area contributed by atoms with Gasteiger partial charge in [0.25, 0.3) is 5.91 Å². The van der Waals surface area contributed by atoms with Gasteiger partial charge in [-0.15, -0.1) is 0 Å². The number of hydrogen-bond acceptors (Lipinski definition) is 4. The summed E-state index contributed by atoms with van der Waals surface area (Å²) >= 11 is 0. The second kappa shape index (κ2) is 9.24. The number of amides is 1. The zero-order valence-corrected chi connectivity index (χ0v) is 14.1. The molecule has 2 heterocycles. The third kappa shape index (κ3) is 4.92. The SMILES string of the molecule is C=C/C=C\C(=C/C=C)C(=O)N1CCC[C@@H](Oc2ncccc2C#N)C1. The van der Waals surface area contributed by atoms with E-state index in [0.717, 1.165) is 12.8 Å². The molecule has 5 nitrogen and oxygen atoms in total. The Bertz CT molecular complexity index is 744. The van der Waals surface area contributed by atoms with E-state index in [-0.39, 0.29) is 12.0 Å². The number of carbonyl (C=O) groups is 1. The summed E-state index contributed by atoms with van der Waals surface area (Å²) in [6.45, 7) is 8.40. The Morgan fingerprint density at radius 3 is 3.00 bits per heavy atom. The second-order valence-corrected chi connectivity index (χ2v) is 5.55. The molecule has 0 bridgehead atoms. The predicted octanol–water partition coefficient (Wildman–Crippen LogP) is 3.18. The first-order chi connectivity index (χ1) is 12.2. The first kappa shape index (κ1) is 18.2. The topological polar surface area (TPSA) is 66.2 Å². The Morgan fingerprint density at radius 2 is 2.28 bits per heavy atom. The molecule has 1 amide bonds. The van der Waals surface area contributed by atoms with E-state index in [4.69, 9.17) is 10.00 Å². The summed E-state index contributed by atoms with van der Waals surface area (Å²) in [5.41, 5.74) is 0.943. The van der Waals surface area contributed by atoms with Gasteiger partial charge in [-0.1, -0.05) is 37.5 Å². The van der Waals surface area contributed by atoms with Crippen LogP contribution in [0.4, 0.5) is 0 Å². The van der Waals surface area contributed by atoms with E-state index in [1.807, 2.05) is 0 Å². The van der Waals surface area contributed by atoms with Gasteiger partial charge in [0.2, 0.25) is 5.88 Å². The molecule has 1 fully saturated rings. The quantitative estimate of drug-likeness (QED) is 0.591. The lowest BCUT2D eigenvalue weighted by molar-refractivity contribution is -0.129. The van der Waals surface area contributed by atoms with Crippen molar-refractivity contribution in [2.24, 2.45) is 0 Å². The lowest BCUT2D eigenvalue weighted by Crippen LogP contribution is -2.44. The normalized spacial score (nSPS) is 17.8. The van der Waals surface area contributed by atoms with E-state index < -0.39 is 0 Å². The maximum absolute atomic E-state index is 12.7. The average molecular weight is 335 g/mol. The van der Waals surface area contributed by atoms with E-state index in [2.05, 4.69) is 24.2 Å². The van der Waals surface area contributed by atoms with Crippen LogP contribution >= 0.6 is 0 Å². The van der Waals surface area contributed by atoms with E-state index in [1.54, 1.807) is 53.6 Å². The molecule has 0 aromatic carbocycles. The van der Waals surface area contributed by atoms with Crippen LogP contribution in [-0.2, 0) is 4.79 Å². The Labute approximate surface area is 148 Å². The molecule has 1 aromatic rings. The van der Waals surface area contributed by atoms with Crippen LogP contribution in [0.2, 0.25) is 0 Å². The van der Waals surface area contributed by atoms with Gasteiger partial charge in [0, 0.05) is 18.3 Å². The number of carbonyl (C=O) groups excluding carboxylic acids is 1. The first-order valence-corrected chi connectivity index (χ1v) is 8.12. The van der Waals surface area contributed by atoms with Gasteiger partial charge >= 0.3 is 0 Å². The van der Waals surface area contributed by atoms with Crippen molar-refractivity contribution in [2.75, 3.05) is 13.1 Å². The molecular weight excluding hydrogens is 314 g/mol. The van der Waals surface area contributed by atoms with Gasteiger partial charge in [-0.05, 0) is 31.1 Å². The molecule has 0 unspecified atom stereocenters. The van der Waals surface area contributed by atoms with Gasteiger partial charge in [-0.3, -0.25) is 4.79 Å². The Hall–Kier alpha value is -3.13. The molecule has 2 rings (SSSR count). The number of likely N-dealkylation sites (tertiary alicyclic amines) is 1. The van der Waals surface area contributed by atoms with Crippen molar-refractivity contribution < 1.29 is 9.53 Å². The molecule has 1 aliphatic heterocycles. The number of ether oxygens (including phenoxy) is 1. The van der Waals surface area contributed by atoms with Crippen LogP contribution in [0.5, 0.6) is 5.88 Å². The summed E-state index contributed by atoms with van der Waals surface area (Å²) in [5.74, 6) is 0.241. The van der Waals surface area contributed by atoms with Crippen molar-refractivity contribution in [3.8, 4) is 11.9 Å². The summed E-state index contributed by atoms with van der Waals surface area (Å²) in [5, 5.41) is 9.14. The van der Waals surface area contributed by atoms with Crippen molar-refractivity contribution in [3.63, 3.8) is 0 Å². The fraction of sp³-hybridized carbons (Fsp3) is 0.250. The molecule has 5 heteroatoms. The maximum atomic E-state index is 12.7. The summed E-state index contributed by atoms with van der Waals surface area (Å²) in [6.07, 6.45) is 11.4. The largest absolute Gasteiger partial charge is 0.472 e. The van der Waals surface area contributed by atoms with Gasteiger partial charge < -0.3 is 9.64 Å². The number of allylic oxidation sites excluding steroid dienone is 4. The lowest BCUT2D eigenvalue weighted by Gasteiger charge is -2.33. The zero-order chi connectivity index (χ0) is 18.1. The zero-order valence-electron chi connectivity index (χ0n) is 14.1. The van der Waals surface area contributed by atoms with Crippen LogP contribution in [-0.4, -0.2) is 35.0 Å². The van der Waals surface area contributed by atoms with E-state index in [1.165, 1.54) is 0 Å². The fourth-order valence-corrected chi connectivity index (χ4v) is 2.63. The number of pyridine rings is 1. The molecule has 1 aromatic heterocycles. The van der Waals surface area contributed by atoms with Crippen molar-refractivity contribution >= 4 is 5.91 Å². The van der Waals surface area contributed by atoms with Gasteiger partial charge in [-0.2, -0.15) is 5.26 Å². The van der Waals surface area contributed by atoms with Crippen LogP contribution < -0.4 is 4.74 Å². The smallest absolute Gasteiger partial charge is 0.253 e. The van der Waals surface area contributed by atoms with Crippen LogP contribution in [0, 0.1) is 11.3 Å². The van der Waals surface area contributed by atoms with Gasteiger partial charge in [0.1, 0.15) is 17.7 Å². The summed E-state index contributed by atoms with van der Waals surface area (Å²) in [6, 6.07) is 5.43. The molecular formula is C20H21N3O2. The second-order valence-electron chi connectivity index (χ2n) is 5.55. The van der Waals surface area contributed by atoms with E-state index >= 15 is 0 Å². The van der Waals surface area contributed by atoms with Crippen LogP contribution in [0.1, 0.15) is 18.4 Å². The number of nitrogens with zero attached hydrogens (tertiary/aromatic N) is 3. The van der Waals surface area contributed by atoms with E-state index in [9.17, 15) is 4.79 Å². The van der Waals surface area contributed by atoms with Crippen LogP contribution in [0.25, 0.3) is 0 Å². The number of aromatic nitrogens is 1. The molecule has 0 radical (unpaired) electrons. The molecule has 1 aliphatic rings. The van der Waals surface area contributed by atoms with Crippen LogP contribution in [0.15, 0.2) is 67.4 Å². The molecule has 128 valence electrons. The van der Waals surface area contributed by atoms with Crippen molar-refractivity contribution in [3.05, 3.63) is 73.0 Å². The highest BCUT2D eigenvalue weighted by Crippen LogP contribution is 2.21. The monoisotopic (exact) mass is 335 g/mol. The minimum atomic E-state index is -0.187. The third-order valence-corrected chi connectivity index (χ3v) is 3.79. The summed E-state index contributed by atoms with van der Waals surface area (Å²) in [7, 11) is 0. The van der Waals surface area contributed by atoms with E-state index in [0.29, 0.717) is 30.1 Å². The Balaban J connectivity index is 2.09. The minimum absolute atomic E-state index is 0.0761. The fourth-order valence-electron chi connectivity index (χ4n) is 2.63. The molecule has 25 heavy (non-hydrogen) atoms. The highest BCUT2D eigenvalue weighted by Gasteiger charge is 2.26. The Morgan fingerprint density at radius 1 is 1.44 bits per heavy atom. The molecule has 0 spiro atoms.